The quantitative estimate of drug-likeness (QED) is 0.0263. The number of nitrogens with zero attached hydrogens (tertiary/aromatic N) is 2. The Morgan fingerprint density at radius 1 is 0.788 bits per heavy atom. The van der Waals surface area contributed by atoms with Crippen LogP contribution >= 0.6 is 0 Å². The van der Waals surface area contributed by atoms with E-state index in [9.17, 15) is 43.5 Å². The summed E-state index contributed by atoms with van der Waals surface area (Å²) >= 11 is 0. The summed E-state index contributed by atoms with van der Waals surface area (Å²) in [4.78, 5) is 106. The molecule has 0 bridgehead atoms. The fraction of sp³-hybridized carbons (Fsp3) is 0.700. The van der Waals surface area contributed by atoms with Crippen LogP contribution in [-0.4, -0.2) is 137 Å². The van der Waals surface area contributed by atoms with E-state index in [0.717, 1.165) is 6.92 Å². The topological polar surface area (TPSA) is 383 Å². The summed E-state index contributed by atoms with van der Waals surface area (Å²) in [5.41, 5.74) is 27.6. The predicted molar refractivity (Wildman–Crippen MR) is 185 cm³/mol. The minimum Gasteiger partial charge on any atom is -0.480 e. The van der Waals surface area contributed by atoms with Crippen LogP contribution in [0.15, 0.2) is 4.99 Å². The average molecular weight is 743 g/mol. The molecule has 0 radical (unpaired) electrons. The normalized spacial score (nSPS) is 17.2. The number of nitrogens with two attached hydrogens (primary N) is 5. The molecule has 0 unspecified atom stereocenters. The Kier molecular flexibility index (Phi) is 19.6. The van der Waals surface area contributed by atoms with E-state index in [0.29, 0.717) is 38.6 Å². The summed E-state index contributed by atoms with van der Waals surface area (Å²) in [6.45, 7) is 2.35. The number of hydrogen-bond donors (Lipinski definition) is 12. The number of carbonyl (C=O) groups is 8. The predicted octanol–water partition coefficient (Wildman–Crippen LogP) is -6.10. The van der Waals surface area contributed by atoms with Crippen LogP contribution in [0.4, 0.5) is 0 Å². The molecule has 7 amide bonds. The molecule has 22 heteroatoms. The smallest absolute Gasteiger partial charge is 0.325 e. The Balaban J connectivity index is 2.98. The lowest BCUT2D eigenvalue weighted by molar-refractivity contribution is -0.142. The second kappa shape index (κ2) is 22.7. The molecular weight excluding hydrogens is 688 g/mol. The molecule has 1 saturated heterocycles. The van der Waals surface area contributed by atoms with Crippen LogP contribution in [-0.2, 0) is 38.4 Å². The number of carboxylic acid groups (broad SMARTS) is 1. The number of carbonyl (C=O) groups excluding carboxylic acids is 7. The number of aliphatic hydroxyl groups excluding tert-OH is 1. The Labute approximate surface area is 300 Å². The van der Waals surface area contributed by atoms with Crippen molar-refractivity contribution in [1.29, 1.82) is 0 Å². The number of aliphatic carboxylic acids is 1. The maximum Gasteiger partial charge on any atom is 0.325 e. The number of guanidine groups is 1. The van der Waals surface area contributed by atoms with Gasteiger partial charge in [-0.3, -0.25) is 43.3 Å². The summed E-state index contributed by atoms with van der Waals surface area (Å²) in [6, 6.07) is -8.95. The van der Waals surface area contributed by atoms with E-state index in [4.69, 9.17) is 33.8 Å². The highest BCUT2D eigenvalue weighted by atomic mass is 16.4. The molecule has 0 aromatic rings. The van der Waals surface area contributed by atoms with Crippen molar-refractivity contribution in [3.05, 3.63) is 0 Å². The van der Waals surface area contributed by atoms with Crippen LogP contribution in [0.25, 0.3) is 0 Å². The molecule has 1 fully saturated rings. The molecular formula is C30H54N12O10. The maximum absolute atomic E-state index is 13.4. The lowest BCUT2D eigenvalue weighted by Gasteiger charge is -2.29. The summed E-state index contributed by atoms with van der Waals surface area (Å²) < 4.78 is 0. The number of aliphatic imine (C=N–C) groups is 1. The third-order valence-corrected chi connectivity index (χ3v) is 8.04. The van der Waals surface area contributed by atoms with E-state index in [-0.39, 0.29) is 31.9 Å². The summed E-state index contributed by atoms with van der Waals surface area (Å²) in [5.74, 6) is -7.39. The van der Waals surface area contributed by atoms with Crippen molar-refractivity contribution in [2.45, 2.75) is 108 Å². The molecule has 7 atom stereocenters. The van der Waals surface area contributed by atoms with Crippen LogP contribution in [0.3, 0.4) is 0 Å². The van der Waals surface area contributed by atoms with Crippen molar-refractivity contribution < 1.29 is 48.6 Å². The molecule has 0 aromatic heterocycles. The second-order valence-corrected chi connectivity index (χ2v) is 12.4. The Hall–Kier alpha value is -5.09. The molecule has 0 aromatic carbocycles. The number of hydrogen-bond acceptors (Lipinski definition) is 12. The van der Waals surface area contributed by atoms with Gasteiger partial charge in [-0.2, -0.15) is 0 Å². The van der Waals surface area contributed by atoms with Gasteiger partial charge in [-0.05, 0) is 65.3 Å². The zero-order valence-electron chi connectivity index (χ0n) is 29.5. The molecule has 1 aliphatic rings. The summed E-state index contributed by atoms with van der Waals surface area (Å²) in [7, 11) is 0. The third kappa shape index (κ3) is 15.4. The average Bonchev–Trinajstić information content (AvgIpc) is 3.57. The van der Waals surface area contributed by atoms with Crippen molar-refractivity contribution >= 4 is 53.3 Å². The van der Waals surface area contributed by atoms with Crippen molar-refractivity contribution in [1.82, 2.24) is 31.5 Å². The molecule has 1 rings (SSSR count). The van der Waals surface area contributed by atoms with Gasteiger partial charge in [-0.1, -0.05) is 0 Å². The first-order chi connectivity index (χ1) is 24.4. The van der Waals surface area contributed by atoms with Crippen LogP contribution in [0.1, 0.15) is 65.2 Å². The Bertz CT molecular complexity index is 1310. The molecule has 52 heavy (non-hydrogen) atoms. The number of nitrogens with one attached hydrogen (secondary N) is 5. The van der Waals surface area contributed by atoms with Crippen molar-refractivity contribution in [3.8, 4) is 0 Å². The maximum atomic E-state index is 13.4. The van der Waals surface area contributed by atoms with Gasteiger partial charge >= 0.3 is 5.97 Å². The first kappa shape index (κ1) is 44.9. The number of likely N-dealkylation sites (tertiary alicyclic amines) is 1. The number of aliphatic hydroxyl groups is 1. The molecule has 0 spiro atoms. The largest absolute Gasteiger partial charge is 0.480 e. The molecule has 1 heterocycles. The van der Waals surface area contributed by atoms with E-state index in [1.54, 1.807) is 0 Å². The first-order valence-corrected chi connectivity index (χ1v) is 16.9. The Morgan fingerprint density at radius 3 is 1.96 bits per heavy atom. The van der Waals surface area contributed by atoms with E-state index >= 15 is 0 Å². The zero-order valence-corrected chi connectivity index (χ0v) is 29.5. The molecule has 0 saturated carbocycles. The monoisotopic (exact) mass is 742 g/mol. The lowest BCUT2D eigenvalue weighted by atomic mass is 10.1. The number of primary amides is 1. The standard InChI is InChI=1S/C30H54N12O10/c1-15(23(45)40-19(13-22(33)44)25(47)41-20(14-43)26(48)38-16(2)29(51)52)37-24(46)18(8-3-4-10-31)39-27(49)21-9-6-12-42(21)28(50)17(32)7-5-11-36-30(34)35/h15-21,43H,3-14,31-32H2,1-2H3,(H2,33,44)(H,37,46)(H,38,48)(H,39,49)(H,40,45)(H,41,47)(H,51,52)(H4,34,35,36)/t15-,16-,17-,18-,19-,20-,21-/m0/s1. The van der Waals surface area contributed by atoms with E-state index in [2.05, 4.69) is 31.6 Å². The Morgan fingerprint density at radius 2 is 1.38 bits per heavy atom. The van der Waals surface area contributed by atoms with Gasteiger partial charge < -0.3 is 70.4 Å². The number of unbranched alkanes of at least 4 members (excludes halogenated alkanes) is 1. The first-order valence-electron chi connectivity index (χ1n) is 16.9. The van der Waals surface area contributed by atoms with Crippen LogP contribution < -0.4 is 55.3 Å². The van der Waals surface area contributed by atoms with E-state index < -0.39 is 103 Å². The number of amides is 7. The van der Waals surface area contributed by atoms with Gasteiger partial charge in [0.15, 0.2) is 5.96 Å². The molecule has 0 aliphatic carbocycles. The number of carboxylic acids is 1. The second-order valence-electron chi connectivity index (χ2n) is 12.4. The molecule has 22 nitrogen and oxygen atoms in total. The van der Waals surface area contributed by atoms with Gasteiger partial charge in [0.1, 0.15) is 36.3 Å². The minimum atomic E-state index is -1.66. The van der Waals surface area contributed by atoms with Crippen LogP contribution in [0, 0.1) is 0 Å². The highest BCUT2D eigenvalue weighted by Gasteiger charge is 2.38. The minimum absolute atomic E-state index is 0.0856. The lowest BCUT2D eigenvalue weighted by Crippen LogP contribution is -2.59. The van der Waals surface area contributed by atoms with Gasteiger partial charge in [0.25, 0.3) is 0 Å². The van der Waals surface area contributed by atoms with Gasteiger partial charge in [0.2, 0.25) is 41.4 Å². The van der Waals surface area contributed by atoms with Gasteiger partial charge in [-0.15, -0.1) is 0 Å². The fourth-order valence-corrected chi connectivity index (χ4v) is 5.12. The van der Waals surface area contributed by atoms with Crippen molar-refractivity contribution in [3.63, 3.8) is 0 Å². The van der Waals surface area contributed by atoms with Crippen LogP contribution in [0.2, 0.25) is 0 Å². The summed E-state index contributed by atoms with van der Waals surface area (Å²) in [6.07, 6.45) is 1.90. The SMILES string of the molecule is C[C@H](NC(=O)[C@H](CO)NC(=O)[C@H](CC(N)=O)NC(=O)[C@H](C)NC(=O)[C@H](CCCCN)NC(=O)[C@@H]1CCCN1C(=O)[C@@H](N)CCCN=C(N)N)C(=O)O. The highest BCUT2D eigenvalue weighted by Crippen LogP contribution is 2.20. The van der Waals surface area contributed by atoms with Crippen LogP contribution in [0.5, 0.6) is 0 Å². The molecule has 17 N–H and O–H groups in total. The van der Waals surface area contributed by atoms with Crippen molar-refractivity contribution in [2.24, 2.45) is 33.7 Å². The highest BCUT2D eigenvalue weighted by molar-refractivity contribution is 5.98. The molecule has 294 valence electrons. The van der Waals surface area contributed by atoms with E-state index in [1.807, 2.05) is 0 Å². The fourth-order valence-electron chi connectivity index (χ4n) is 5.12. The van der Waals surface area contributed by atoms with Gasteiger partial charge in [0, 0.05) is 13.1 Å². The van der Waals surface area contributed by atoms with Gasteiger partial charge in [-0.25, -0.2) is 0 Å². The van der Waals surface area contributed by atoms with Gasteiger partial charge in [0.05, 0.1) is 19.1 Å². The third-order valence-electron chi connectivity index (χ3n) is 8.04. The zero-order chi connectivity index (χ0) is 39.5. The van der Waals surface area contributed by atoms with E-state index in [1.165, 1.54) is 11.8 Å². The summed E-state index contributed by atoms with van der Waals surface area (Å²) in [5, 5.41) is 30.2. The van der Waals surface area contributed by atoms with Crippen molar-refractivity contribution in [2.75, 3.05) is 26.2 Å². The number of rotatable bonds is 23. The molecule has 1 aliphatic heterocycles.